The van der Waals surface area contributed by atoms with Crippen LogP contribution in [-0.4, -0.2) is 96.0 Å². The average molecular weight is 865 g/mol. The molecule has 4 bridgehead atoms. The molecule has 0 saturated carbocycles. The second-order valence-electron chi connectivity index (χ2n) is 17.1. The lowest BCUT2D eigenvalue weighted by Crippen LogP contribution is -2.49. The van der Waals surface area contributed by atoms with E-state index in [1.165, 1.54) is 46.5 Å². The Morgan fingerprint density at radius 3 is 1.13 bits per heavy atom. The molecule has 62 heavy (non-hydrogen) atoms. The van der Waals surface area contributed by atoms with E-state index in [-0.39, 0.29) is 48.1 Å². The smallest absolute Gasteiger partial charge is 0.416 e. The zero-order valence-corrected chi connectivity index (χ0v) is 36.3. The molecule has 0 N–H and O–H groups in total. The summed E-state index contributed by atoms with van der Waals surface area (Å²) in [5.41, 5.74) is 6.35. The summed E-state index contributed by atoms with van der Waals surface area (Å²) in [6.45, 7) is 15.5. The minimum absolute atomic E-state index is 0.0851. The first-order valence-electron chi connectivity index (χ1n) is 21.0. The fourth-order valence-corrected chi connectivity index (χ4v) is 10.1. The van der Waals surface area contributed by atoms with Gasteiger partial charge in [0.05, 0.1) is 25.3 Å². The van der Waals surface area contributed by atoms with Gasteiger partial charge in [-0.2, -0.15) is 26.3 Å². The SMILES string of the molecule is COc1ccc([C@H](C)N2C[C@@H]3C[C@H]2CN3C(=O)c2ccc(C(F)(F)F)cc2)c(C)c1C.COc1ccc([C@H](C)N2C[C@@H]3C[C@H]2CN3C(=O)c2ccc(C(F)(F)F)cc2)c(C)c1C. The summed E-state index contributed by atoms with van der Waals surface area (Å²) in [7, 11) is 3.35. The molecule has 332 valence electrons. The summed E-state index contributed by atoms with van der Waals surface area (Å²) in [5.74, 6) is 1.38. The van der Waals surface area contributed by atoms with Crippen molar-refractivity contribution in [2.24, 2.45) is 0 Å². The third-order valence-electron chi connectivity index (χ3n) is 13.9. The van der Waals surface area contributed by atoms with Gasteiger partial charge in [0.25, 0.3) is 11.8 Å². The van der Waals surface area contributed by atoms with Crippen molar-refractivity contribution in [3.05, 3.63) is 128 Å². The van der Waals surface area contributed by atoms with Crippen molar-refractivity contribution in [1.29, 1.82) is 0 Å². The van der Waals surface area contributed by atoms with E-state index in [0.29, 0.717) is 24.2 Å². The summed E-state index contributed by atoms with van der Waals surface area (Å²) < 4.78 is 87.6. The minimum Gasteiger partial charge on any atom is -0.496 e. The fraction of sp³-hybridized carbons (Fsp3) is 0.458. The molecule has 0 aromatic heterocycles. The van der Waals surface area contributed by atoms with E-state index in [1.54, 1.807) is 14.2 Å². The third-order valence-corrected chi connectivity index (χ3v) is 13.9. The molecule has 6 atom stereocenters. The number of fused-ring (bicyclic) bond motifs is 4. The van der Waals surface area contributed by atoms with E-state index >= 15 is 0 Å². The number of hydrogen-bond donors (Lipinski definition) is 0. The standard InChI is InChI=1S/2C24H27F3N2O2/c2*1-14-15(2)22(31-4)10-9-21(14)16(3)28-12-20-11-19(28)13-29(20)23(30)17-5-7-18(8-6-17)24(25,26)27/h2*5-10,16,19-20H,11-13H2,1-4H3/t2*16-,19-,20-/m00/s1. The number of rotatable bonds is 8. The number of hydrogen-bond acceptors (Lipinski definition) is 6. The Hall–Kier alpha value is -5.08. The summed E-state index contributed by atoms with van der Waals surface area (Å²) in [5, 5.41) is 0. The number of likely N-dealkylation sites (tertiary alicyclic amines) is 4. The monoisotopic (exact) mass is 864 g/mol. The Kier molecular flexibility index (Phi) is 12.5. The number of nitrogens with zero attached hydrogens (tertiary/aromatic N) is 4. The van der Waals surface area contributed by atoms with Crippen LogP contribution in [-0.2, 0) is 12.4 Å². The molecule has 0 spiro atoms. The lowest BCUT2D eigenvalue weighted by atomic mass is 9.96. The zero-order chi connectivity index (χ0) is 45.0. The van der Waals surface area contributed by atoms with Gasteiger partial charge in [-0.15, -0.1) is 0 Å². The van der Waals surface area contributed by atoms with Crippen molar-refractivity contribution in [3.63, 3.8) is 0 Å². The second kappa shape index (κ2) is 17.2. The van der Waals surface area contributed by atoms with Crippen molar-refractivity contribution in [2.75, 3.05) is 40.4 Å². The highest BCUT2D eigenvalue weighted by molar-refractivity contribution is 5.95. The van der Waals surface area contributed by atoms with Gasteiger partial charge in [-0.1, -0.05) is 12.1 Å². The molecule has 4 aromatic carbocycles. The lowest BCUT2D eigenvalue weighted by molar-refractivity contribution is -0.138. The van der Waals surface area contributed by atoms with E-state index in [1.807, 2.05) is 21.9 Å². The van der Waals surface area contributed by atoms with Crippen molar-refractivity contribution < 1.29 is 45.4 Å². The summed E-state index contributed by atoms with van der Waals surface area (Å²) in [4.78, 5) is 34.4. The molecule has 8 rings (SSSR count). The van der Waals surface area contributed by atoms with E-state index in [9.17, 15) is 35.9 Å². The van der Waals surface area contributed by atoms with Crippen molar-refractivity contribution >= 4 is 11.8 Å². The molecule has 2 amide bonds. The van der Waals surface area contributed by atoms with Crippen LogP contribution in [0.25, 0.3) is 0 Å². The fourth-order valence-electron chi connectivity index (χ4n) is 10.1. The lowest BCUT2D eigenvalue weighted by Gasteiger charge is -2.38. The third kappa shape index (κ3) is 8.52. The van der Waals surface area contributed by atoms with Crippen LogP contribution in [0.1, 0.15) is 104 Å². The number of halogens is 6. The van der Waals surface area contributed by atoms with E-state index < -0.39 is 23.5 Å². The molecule has 4 fully saturated rings. The largest absolute Gasteiger partial charge is 0.496 e. The molecule has 0 unspecified atom stereocenters. The van der Waals surface area contributed by atoms with Crippen molar-refractivity contribution in [3.8, 4) is 11.5 Å². The maximum atomic E-state index is 12.9. The van der Waals surface area contributed by atoms with E-state index in [2.05, 4.69) is 63.5 Å². The average Bonchev–Trinajstić information content (AvgIpc) is 4.07. The van der Waals surface area contributed by atoms with Crippen LogP contribution < -0.4 is 9.47 Å². The van der Waals surface area contributed by atoms with Gasteiger partial charge in [0, 0.05) is 73.6 Å². The molecular formula is C48H54F6N4O4. The number of amides is 2. The van der Waals surface area contributed by atoms with Gasteiger partial charge in [0.1, 0.15) is 11.5 Å². The van der Waals surface area contributed by atoms with Crippen LogP contribution in [0.4, 0.5) is 26.3 Å². The van der Waals surface area contributed by atoms with Crippen LogP contribution >= 0.6 is 0 Å². The molecule has 4 aliphatic heterocycles. The Balaban J connectivity index is 0.000000186. The highest BCUT2D eigenvalue weighted by atomic mass is 19.4. The normalized spacial score (nSPS) is 22.1. The molecule has 8 nitrogen and oxygen atoms in total. The first kappa shape index (κ1) is 45.0. The van der Waals surface area contributed by atoms with E-state index in [4.69, 9.17) is 9.47 Å². The number of alkyl halides is 6. The number of ether oxygens (including phenoxy) is 2. The molecule has 0 aliphatic carbocycles. The van der Waals surface area contributed by atoms with Gasteiger partial charge in [-0.3, -0.25) is 19.4 Å². The topological polar surface area (TPSA) is 65.6 Å². The maximum absolute atomic E-state index is 12.9. The molecule has 4 heterocycles. The van der Waals surface area contributed by atoms with Gasteiger partial charge in [0.2, 0.25) is 0 Å². The van der Waals surface area contributed by atoms with Gasteiger partial charge < -0.3 is 19.3 Å². The molecule has 14 heteroatoms. The Morgan fingerprint density at radius 1 is 0.516 bits per heavy atom. The first-order valence-corrected chi connectivity index (χ1v) is 21.0. The number of carbonyl (C=O) groups is 2. The van der Waals surface area contributed by atoms with Crippen molar-refractivity contribution in [1.82, 2.24) is 19.6 Å². The van der Waals surface area contributed by atoms with Crippen LogP contribution in [0.15, 0.2) is 72.8 Å². The molecule has 4 aliphatic rings. The van der Waals surface area contributed by atoms with Crippen LogP contribution in [0, 0.1) is 27.7 Å². The predicted molar refractivity (Wildman–Crippen MR) is 225 cm³/mol. The van der Waals surface area contributed by atoms with Crippen LogP contribution in [0.2, 0.25) is 0 Å². The highest BCUT2D eigenvalue weighted by Gasteiger charge is 2.48. The van der Waals surface area contributed by atoms with Crippen molar-refractivity contribution in [2.45, 2.75) is 103 Å². The van der Waals surface area contributed by atoms with Crippen LogP contribution in [0.3, 0.4) is 0 Å². The van der Waals surface area contributed by atoms with Gasteiger partial charge in [-0.05, 0) is 148 Å². The predicted octanol–water partition coefficient (Wildman–Crippen LogP) is 9.98. The number of benzene rings is 4. The molecule has 4 aromatic rings. The Bertz CT molecular complexity index is 2140. The molecule has 0 radical (unpaired) electrons. The van der Waals surface area contributed by atoms with Gasteiger partial charge >= 0.3 is 12.4 Å². The number of methoxy groups -OCH3 is 2. The van der Waals surface area contributed by atoms with E-state index in [0.717, 1.165) is 72.8 Å². The van der Waals surface area contributed by atoms with Gasteiger partial charge in [-0.25, -0.2) is 0 Å². The minimum atomic E-state index is -4.40. The van der Waals surface area contributed by atoms with Gasteiger partial charge in [0.15, 0.2) is 0 Å². The second-order valence-corrected chi connectivity index (χ2v) is 17.1. The zero-order valence-electron chi connectivity index (χ0n) is 36.3. The molecule has 4 saturated heterocycles. The van der Waals surface area contributed by atoms with Crippen LogP contribution in [0.5, 0.6) is 11.5 Å². The Morgan fingerprint density at radius 2 is 0.855 bits per heavy atom. The number of carbonyl (C=O) groups excluding carboxylic acids is 2. The summed E-state index contributed by atoms with van der Waals surface area (Å²) in [6.07, 6.45) is -7.01. The quantitative estimate of drug-likeness (QED) is 0.165. The summed E-state index contributed by atoms with van der Waals surface area (Å²) >= 11 is 0. The first-order chi connectivity index (χ1) is 29.2. The summed E-state index contributed by atoms with van der Waals surface area (Å²) in [6, 6.07) is 18.3. The molecular weight excluding hydrogens is 811 g/mol. The Labute approximate surface area is 359 Å². The number of piperazine rings is 2. The highest BCUT2D eigenvalue weighted by Crippen LogP contribution is 2.42. The maximum Gasteiger partial charge on any atom is 0.416 e.